The second-order valence-corrected chi connectivity index (χ2v) is 10.9. The summed E-state index contributed by atoms with van der Waals surface area (Å²) in [5.41, 5.74) is 0. The Morgan fingerprint density at radius 1 is 1.14 bits per heavy atom. The third-order valence-electron chi connectivity index (χ3n) is 2.37. The van der Waals surface area contributed by atoms with E-state index in [9.17, 15) is 0 Å². The average Bonchev–Trinajstić information content (AvgIpc) is 2.36. The minimum Gasteiger partial charge on any atom is -0.326 e. The van der Waals surface area contributed by atoms with Gasteiger partial charge in [0.15, 0.2) is 0 Å². The summed E-state index contributed by atoms with van der Waals surface area (Å²) >= 11 is 35.1. The van der Waals surface area contributed by atoms with Crippen molar-refractivity contribution in [1.82, 2.24) is 0 Å². The maximum Gasteiger partial charge on any atom is 0.222 e. The van der Waals surface area contributed by atoms with Crippen molar-refractivity contribution in [2.75, 3.05) is 13.2 Å². The van der Waals surface area contributed by atoms with Crippen LogP contribution in [0.3, 0.4) is 0 Å². The molecule has 21 heavy (non-hydrogen) atoms. The lowest BCUT2D eigenvalue weighted by atomic mass is 10.4. The average molecular weight is 431 g/mol. The standard InChI is InChI=1S/C12H14Cl5O2PS/c1-2-3-7-18-20(21,19-8-12(15,16)17)11-9(13)5-4-6-10(11)14/h4-6H,2-3,7-8H2,1H3. The molecule has 1 rings (SSSR count). The third kappa shape index (κ3) is 6.71. The molecule has 0 saturated heterocycles. The van der Waals surface area contributed by atoms with Gasteiger partial charge in [0.25, 0.3) is 0 Å². The van der Waals surface area contributed by atoms with E-state index in [0.717, 1.165) is 12.8 Å². The Kier molecular flexibility index (Phi) is 8.61. The molecular formula is C12H14Cl5O2PS. The van der Waals surface area contributed by atoms with Crippen LogP contribution in [0.4, 0.5) is 0 Å². The van der Waals surface area contributed by atoms with Gasteiger partial charge < -0.3 is 9.05 Å². The Hall–Kier alpha value is 1.24. The molecule has 1 aromatic rings. The Bertz CT molecular complexity index is 501. The number of halogens is 5. The van der Waals surface area contributed by atoms with E-state index in [1.165, 1.54) is 0 Å². The number of hydrogen-bond donors (Lipinski definition) is 0. The molecule has 0 spiro atoms. The predicted molar refractivity (Wildman–Crippen MR) is 97.5 cm³/mol. The second kappa shape index (κ2) is 8.92. The van der Waals surface area contributed by atoms with Crippen LogP contribution in [0.15, 0.2) is 18.2 Å². The Morgan fingerprint density at radius 2 is 1.71 bits per heavy atom. The van der Waals surface area contributed by atoms with Crippen LogP contribution in [0.25, 0.3) is 0 Å². The highest BCUT2D eigenvalue weighted by Crippen LogP contribution is 2.52. The molecular weight excluding hydrogens is 416 g/mol. The lowest BCUT2D eigenvalue weighted by Crippen LogP contribution is -2.19. The van der Waals surface area contributed by atoms with Crippen LogP contribution >= 0.6 is 64.5 Å². The van der Waals surface area contributed by atoms with Crippen molar-refractivity contribution in [3.8, 4) is 0 Å². The predicted octanol–water partition coefficient (Wildman–Crippen LogP) is 6.13. The van der Waals surface area contributed by atoms with Gasteiger partial charge in [0.1, 0.15) is 6.61 Å². The summed E-state index contributed by atoms with van der Waals surface area (Å²) in [5, 5.41) is 1.21. The molecule has 9 heteroatoms. The number of rotatable bonds is 7. The van der Waals surface area contributed by atoms with Crippen molar-refractivity contribution >= 4 is 81.6 Å². The van der Waals surface area contributed by atoms with E-state index in [0.29, 0.717) is 22.0 Å². The van der Waals surface area contributed by atoms with E-state index in [1.807, 2.05) is 6.92 Å². The summed E-state index contributed by atoms with van der Waals surface area (Å²) in [6.07, 6.45) is 1.79. The summed E-state index contributed by atoms with van der Waals surface area (Å²) in [7, 11) is 0. The lowest BCUT2D eigenvalue weighted by Gasteiger charge is -2.26. The van der Waals surface area contributed by atoms with Crippen LogP contribution in [-0.4, -0.2) is 17.0 Å². The number of benzene rings is 1. The zero-order valence-corrected chi connectivity index (χ0v) is 16.6. The number of hydrogen-bond acceptors (Lipinski definition) is 3. The van der Waals surface area contributed by atoms with Crippen LogP contribution in [-0.2, 0) is 20.9 Å². The van der Waals surface area contributed by atoms with Crippen molar-refractivity contribution in [3.05, 3.63) is 28.2 Å². The van der Waals surface area contributed by atoms with E-state index in [2.05, 4.69) is 0 Å². The fourth-order valence-corrected chi connectivity index (χ4v) is 5.87. The van der Waals surface area contributed by atoms with Crippen molar-refractivity contribution in [3.63, 3.8) is 0 Å². The molecule has 1 aromatic carbocycles. The van der Waals surface area contributed by atoms with Crippen LogP contribution in [0.5, 0.6) is 0 Å². The maximum atomic E-state index is 6.19. The van der Waals surface area contributed by atoms with Crippen molar-refractivity contribution in [1.29, 1.82) is 0 Å². The highest BCUT2D eigenvalue weighted by molar-refractivity contribution is 8.13. The second-order valence-electron chi connectivity index (χ2n) is 4.14. The fraction of sp³-hybridized carbons (Fsp3) is 0.500. The molecule has 120 valence electrons. The smallest absolute Gasteiger partial charge is 0.222 e. The monoisotopic (exact) mass is 428 g/mol. The molecule has 0 heterocycles. The molecule has 0 radical (unpaired) electrons. The quantitative estimate of drug-likeness (QED) is 0.294. The van der Waals surface area contributed by atoms with Gasteiger partial charge in [-0.05, 0) is 30.4 Å². The van der Waals surface area contributed by atoms with E-state index in [4.69, 9.17) is 78.9 Å². The lowest BCUT2D eigenvalue weighted by molar-refractivity contribution is 0.254. The van der Waals surface area contributed by atoms with Gasteiger partial charge in [0, 0.05) is 0 Å². The topological polar surface area (TPSA) is 18.5 Å². The fourth-order valence-electron chi connectivity index (χ4n) is 1.40. The first-order chi connectivity index (χ1) is 9.69. The van der Waals surface area contributed by atoms with Crippen LogP contribution < -0.4 is 5.30 Å². The summed E-state index contributed by atoms with van der Waals surface area (Å²) < 4.78 is 9.81. The molecule has 0 aliphatic heterocycles. The zero-order chi connectivity index (χ0) is 16.1. The first-order valence-electron chi connectivity index (χ1n) is 6.10. The molecule has 0 fully saturated rings. The van der Waals surface area contributed by atoms with Crippen LogP contribution in [0.2, 0.25) is 10.0 Å². The third-order valence-corrected chi connectivity index (χ3v) is 6.79. The minimum absolute atomic E-state index is 0.206. The molecule has 0 N–H and O–H groups in total. The van der Waals surface area contributed by atoms with Gasteiger partial charge in [-0.3, -0.25) is 0 Å². The van der Waals surface area contributed by atoms with Crippen molar-refractivity contribution in [2.45, 2.75) is 23.6 Å². The van der Waals surface area contributed by atoms with Gasteiger partial charge >= 0.3 is 0 Å². The highest BCUT2D eigenvalue weighted by Gasteiger charge is 2.31. The molecule has 1 atom stereocenters. The number of unbranched alkanes of at least 4 members (excludes halogenated alkanes) is 1. The highest BCUT2D eigenvalue weighted by atomic mass is 35.6. The Morgan fingerprint density at radius 3 is 2.19 bits per heavy atom. The van der Waals surface area contributed by atoms with Gasteiger partial charge in [0.2, 0.25) is 10.3 Å². The van der Waals surface area contributed by atoms with Gasteiger partial charge in [-0.25, -0.2) is 0 Å². The van der Waals surface area contributed by atoms with Crippen LogP contribution in [0, 0.1) is 0 Å². The summed E-state index contributed by atoms with van der Waals surface area (Å²) in [5.74, 6) is 0. The molecule has 0 bridgehead atoms. The normalized spacial score (nSPS) is 15.0. The van der Waals surface area contributed by atoms with E-state index in [1.54, 1.807) is 18.2 Å². The minimum atomic E-state index is -2.96. The van der Waals surface area contributed by atoms with Gasteiger partial charge in [-0.15, -0.1) is 0 Å². The van der Waals surface area contributed by atoms with E-state index in [-0.39, 0.29) is 6.61 Å². The van der Waals surface area contributed by atoms with Crippen molar-refractivity contribution in [2.24, 2.45) is 0 Å². The Labute approximate surface area is 155 Å². The summed E-state index contributed by atoms with van der Waals surface area (Å²) in [6, 6.07) is 5.06. The molecule has 0 aliphatic rings. The first-order valence-corrected chi connectivity index (χ1v) is 10.6. The van der Waals surface area contributed by atoms with Crippen LogP contribution in [0.1, 0.15) is 19.8 Å². The summed E-state index contributed by atoms with van der Waals surface area (Å²) in [6.45, 7) is -0.698. The molecule has 0 aromatic heterocycles. The van der Waals surface area contributed by atoms with Crippen molar-refractivity contribution < 1.29 is 9.05 Å². The molecule has 0 aliphatic carbocycles. The largest absolute Gasteiger partial charge is 0.326 e. The summed E-state index contributed by atoms with van der Waals surface area (Å²) in [4.78, 5) is 0. The van der Waals surface area contributed by atoms with Gasteiger partial charge in [0.05, 0.1) is 22.0 Å². The molecule has 2 nitrogen and oxygen atoms in total. The molecule has 1 unspecified atom stereocenters. The SMILES string of the molecule is CCCCOP(=S)(OCC(Cl)(Cl)Cl)c1c(Cl)cccc1Cl. The number of alkyl halides is 3. The first kappa shape index (κ1) is 20.3. The maximum absolute atomic E-state index is 6.19. The molecule has 0 saturated carbocycles. The van der Waals surface area contributed by atoms with Gasteiger partial charge in [-0.2, -0.15) is 0 Å². The molecule has 0 amide bonds. The van der Waals surface area contributed by atoms with Gasteiger partial charge in [-0.1, -0.05) is 77.4 Å². The van der Waals surface area contributed by atoms with E-state index >= 15 is 0 Å². The van der Waals surface area contributed by atoms with E-state index < -0.39 is 10.3 Å². The zero-order valence-electron chi connectivity index (χ0n) is 11.1. The Balaban J connectivity index is 3.09.